The van der Waals surface area contributed by atoms with Gasteiger partial charge in [-0.3, -0.25) is 9.36 Å². The third-order valence-corrected chi connectivity index (χ3v) is 8.41. The predicted octanol–water partition coefficient (Wildman–Crippen LogP) is 5.16. The van der Waals surface area contributed by atoms with Crippen molar-refractivity contribution in [2.45, 2.75) is 26.5 Å². The molecule has 1 aliphatic heterocycles. The van der Waals surface area contributed by atoms with Gasteiger partial charge in [0.25, 0.3) is 5.56 Å². The third kappa shape index (κ3) is 5.91. The Morgan fingerprint density at radius 2 is 1.74 bits per heavy atom. The molecule has 0 saturated heterocycles. The Hall–Kier alpha value is -4.15. The van der Waals surface area contributed by atoms with E-state index in [1.54, 1.807) is 37.7 Å². The Labute approximate surface area is 255 Å². The second kappa shape index (κ2) is 12.8. The molecule has 0 unspecified atom stereocenters. The number of fused-ring (bicyclic) bond motifs is 1. The number of hydrogen-bond donors (Lipinski definition) is 0. The molecule has 0 N–H and O–H groups in total. The Morgan fingerprint density at radius 3 is 2.40 bits per heavy atom. The number of carbonyl (C=O) groups excluding carboxylic acids is 1. The first-order valence-corrected chi connectivity index (χ1v) is 14.8. The van der Waals surface area contributed by atoms with Gasteiger partial charge in [0.05, 0.1) is 42.7 Å². The fraction of sp³-hybridized carbons (Fsp3) is 0.219. The molecule has 4 aromatic rings. The van der Waals surface area contributed by atoms with E-state index in [0.29, 0.717) is 43.2 Å². The van der Waals surface area contributed by atoms with Crippen LogP contribution in [0.5, 0.6) is 17.2 Å². The van der Waals surface area contributed by atoms with Gasteiger partial charge in [0.15, 0.2) is 16.3 Å². The van der Waals surface area contributed by atoms with Gasteiger partial charge in [0.1, 0.15) is 12.4 Å². The van der Waals surface area contributed by atoms with Crippen LogP contribution in [0.2, 0.25) is 0 Å². The van der Waals surface area contributed by atoms with Gasteiger partial charge in [-0.2, -0.15) is 0 Å². The summed E-state index contributed by atoms with van der Waals surface area (Å²) in [5.74, 6) is 1.16. The molecule has 0 bridgehead atoms. The maximum Gasteiger partial charge on any atom is 0.338 e. The molecule has 8 nitrogen and oxygen atoms in total. The molecule has 2 heterocycles. The van der Waals surface area contributed by atoms with Gasteiger partial charge in [0.2, 0.25) is 0 Å². The standard InChI is InChI=1S/C32H29BrN2O6S/c1-5-40-31(37)28-19(2)34-32-35(29(28)23-16-25(38-3)26(39-4)17-24(23)33)30(36)27(42-32)15-20-11-13-22(14-12-20)41-18-21-9-7-6-8-10-21/h6-17,29H,5,18H2,1-4H3/b27-15-/t29-/m0/s1. The topological polar surface area (TPSA) is 88.4 Å². The van der Waals surface area contributed by atoms with Crippen LogP contribution >= 0.6 is 27.3 Å². The van der Waals surface area contributed by atoms with E-state index in [2.05, 4.69) is 20.9 Å². The fourth-order valence-electron chi connectivity index (χ4n) is 4.72. The highest BCUT2D eigenvalue weighted by molar-refractivity contribution is 9.10. The maximum atomic E-state index is 14.0. The maximum absolute atomic E-state index is 14.0. The molecule has 3 aromatic carbocycles. The molecule has 0 saturated carbocycles. The number of rotatable bonds is 9. The first-order valence-electron chi connectivity index (χ1n) is 13.2. The summed E-state index contributed by atoms with van der Waals surface area (Å²) in [6, 6.07) is 20.2. The molecule has 0 fully saturated rings. The van der Waals surface area contributed by atoms with Crippen molar-refractivity contribution in [1.29, 1.82) is 0 Å². The van der Waals surface area contributed by atoms with Crippen molar-refractivity contribution in [2.24, 2.45) is 4.99 Å². The van der Waals surface area contributed by atoms with E-state index in [9.17, 15) is 9.59 Å². The minimum Gasteiger partial charge on any atom is -0.493 e. The first kappa shape index (κ1) is 29.3. The Bertz CT molecular complexity index is 1830. The molecule has 216 valence electrons. The number of allylic oxidation sites excluding steroid dienone is 1. The van der Waals surface area contributed by atoms with Crippen LogP contribution in [0.1, 0.15) is 36.6 Å². The van der Waals surface area contributed by atoms with E-state index in [1.165, 1.54) is 18.4 Å². The highest BCUT2D eigenvalue weighted by Crippen LogP contribution is 2.40. The average Bonchev–Trinajstić information content (AvgIpc) is 3.30. The molecular formula is C32H29BrN2O6S. The number of carbonyl (C=O) groups is 1. The lowest BCUT2D eigenvalue weighted by molar-refractivity contribution is -0.139. The lowest BCUT2D eigenvalue weighted by atomic mass is 9.95. The monoisotopic (exact) mass is 648 g/mol. The molecular weight excluding hydrogens is 620 g/mol. The lowest BCUT2D eigenvalue weighted by Gasteiger charge is -2.26. The fourth-order valence-corrected chi connectivity index (χ4v) is 6.30. The number of thiazole rings is 1. The van der Waals surface area contributed by atoms with Crippen LogP contribution in [-0.2, 0) is 16.1 Å². The number of ether oxygens (including phenoxy) is 4. The largest absolute Gasteiger partial charge is 0.493 e. The van der Waals surface area contributed by atoms with Gasteiger partial charge >= 0.3 is 5.97 Å². The summed E-state index contributed by atoms with van der Waals surface area (Å²) < 4.78 is 24.9. The number of esters is 1. The summed E-state index contributed by atoms with van der Waals surface area (Å²) in [4.78, 5) is 32.3. The molecule has 10 heteroatoms. The van der Waals surface area contributed by atoms with E-state index in [0.717, 1.165) is 16.9 Å². The van der Waals surface area contributed by atoms with E-state index in [1.807, 2.05) is 60.7 Å². The zero-order valence-corrected chi connectivity index (χ0v) is 26.0. The number of aromatic nitrogens is 1. The van der Waals surface area contributed by atoms with Crippen molar-refractivity contribution >= 4 is 39.3 Å². The zero-order chi connectivity index (χ0) is 29.8. The Balaban J connectivity index is 1.57. The minimum atomic E-state index is -0.801. The van der Waals surface area contributed by atoms with Crippen LogP contribution in [0, 0.1) is 0 Å². The molecule has 0 radical (unpaired) electrons. The molecule has 1 atom stereocenters. The van der Waals surface area contributed by atoms with Gasteiger partial charge < -0.3 is 18.9 Å². The average molecular weight is 650 g/mol. The van der Waals surface area contributed by atoms with Crippen LogP contribution in [0.3, 0.4) is 0 Å². The van der Waals surface area contributed by atoms with E-state index < -0.39 is 12.0 Å². The highest BCUT2D eigenvalue weighted by atomic mass is 79.9. The van der Waals surface area contributed by atoms with Crippen LogP contribution in [-0.4, -0.2) is 31.4 Å². The zero-order valence-electron chi connectivity index (χ0n) is 23.5. The molecule has 1 aromatic heterocycles. The Morgan fingerprint density at radius 1 is 1.05 bits per heavy atom. The number of benzene rings is 3. The minimum absolute atomic E-state index is 0.185. The van der Waals surface area contributed by atoms with Crippen LogP contribution in [0.4, 0.5) is 0 Å². The SMILES string of the molecule is CCOC(=O)C1=C(C)N=c2s/c(=C\c3ccc(OCc4ccccc4)cc3)c(=O)n2[C@H]1c1cc(OC)c(OC)cc1Br. The summed E-state index contributed by atoms with van der Waals surface area (Å²) in [6.45, 7) is 4.14. The van der Waals surface area contributed by atoms with Crippen LogP contribution in [0.25, 0.3) is 6.08 Å². The van der Waals surface area contributed by atoms with Crippen molar-refractivity contribution in [1.82, 2.24) is 4.57 Å². The first-order chi connectivity index (χ1) is 20.3. The van der Waals surface area contributed by atoms with Crippen LogP contribution in [0.15, 0.2) is 92.3 Å². The number of nitrogens with zero attached hydrogens (tertiary/aromatic N) is 2. The van der Waals surface area contributed by atoms with Crippen molar-refractivity contribution < 1.29 is 23.7 Å². The van der Waals surface area contributed by atoms with Crippen molar-refractivity contribution in [2.75, 3.05) is 20.8 Å². The molecule has 0 aliphatic carbocycles. The summed E-state index contributed by atoms with van der Waals surface area (Å²) in [7, 11) is 3.08. The smallest absolute Gasteiger partial charge is 0.338 e. The summed E-state index contributed by atoms with van der Waals surface area (Å²) in [6.07, 6.45) is 1.81. The summed E-state index contributed by atoms with van der Waals surface area (Å²) in [5, 5.41) is 0. The van der Waals surface area contributed by atoms with Crippen molar-refractivity contribution in [3.8, 4) is 17.2 Å². The summed E-state index contributed by atoms with van der Waals surface area (Å²) in [5.41, 5.74) is 3.03. The normalized spacial score (nSPS) is 14.7. The van der Waals surface area contributed by atoms with E-state index in [4.69, 9.17) is 18.9 Å². The quantitative estimate of drug-likeness (QED) is 0.233. The highest BCUT2D eigenvalue weighted by Gasteiger charge is 2.35. The van der Waals surface area contributed by atoms with Gasteiger partial charge in [-0.05, 0) is 60.9 Å². The third-order valence-electron chi connectivity index (χ3n) is 6.74. The molecule has 0 spiro atoms. The second-order valence-electron chi connectivity index (χ2n) is 9.37. The summed E-state index contributed by atoms with van der Waals surface area (Å²) >= 11 is 4.88. The number of methoxy groups -OCH3 is 2. The molecule has 1 aliphatic rings. The molecule has 0 amide bonds. The number of halogens is 1. The lowest BCUT2D eigenvalue weighted by Crippen LogP contribution is -2.40. The van der Waals surface area contributed by atoms with Crippen molar-refractivity contribution in [3.05, 3.63) is 119 Å². The Kier molecular flexibility index (Phi) is 8.94. The van der Waals surface area contributed by atoms with Crippen molar-refractivity contribution in [3.63, 3.8) is 0 Å². The number of hydrogen-bond acceptors (Lipinski definition) is 8. The molecule has 5 rings (SSSR count). The van der Waals surface area contributed by atoms with Crippen LogP contribution < -0.4 is 29.1 Å². The van der Waals surface area contributed by atoms with E-state index >= 15 is 0 Å². The van der Waals surface area contributed by atoms with Gasteiger partial charge in [-0.1, -0.05) is 69.7 Å². The van der Waals surface area contributed by atoms with Gasteiger partial charge in [0, 0.05) is 4.47 Å². The second-order valence-corrected chi connectivity index (χ2v) is 11.2. The van der Waals surface area contributed by atoms with Gasteiger partial charge in [-0.25, -0.2) is 9.79 Å². The van der Waals surface area contributed by atoms with E-state index in [-0.39, 0.29) is 17.7 Å². The predicted molar refractivity (Wildman–Crippen MR) is 165 cm³/mol. The molecule has 42 heavy (non-hydrogen) atoms. The van der Waals surface area contributed by atoms with Gasteiger partial charge in [-0.15, -0.1) is 0 Å².